The van der Waals surface area contributed by atoms with Gasteiger partial charge in [0.05, 0.1) is 41.0 Å². The Kier molecular flexibility index (Phi) is 5.02. The third-order valence-corrected chi connectivity index (χ3v) is 5.53. The number of benzene rings is 1. The highest BCUT2D eigenvalue weighted by atomic mass is 32.1. The predicted octanol–water partition coefficient (Wildman–Crippen LogP) is 2.53. The van der Waals surface area contributed by atoms with Crippen molar-refractivity contribution in [2.45, 2.75) is 19.9 Å². The molecule has 0 spiro atoms. The lowest BCUT2D eigenvalue weighted by Crippen LogP contribution is -2.39. The van der Waals surface area contributed by atoms with Crippen LogP contribution in [-0.2, 0) is 9.53 Å². The molecule has 4 rings (SSSR count). The second kappa shape index (κ2) is 7.63. The summed E-state index contributed by atoms with van der Waals surface area (Å²) in [6.07, 6.45) is 4.76. The number of halogens is 1. The van der Waals surface area contributed by atoms with Crippen LogP contribution >= 0.6 is 11.3 Å². The number of carbonyl (C=O) groups is 1. The molecule has 6 nitrogen and oxygen atoms in total. The van der Waals surface area contributed by atoms with E-state index in [1.54, 1.807) is 38.1 Å². The molecule has 1 atom stereocenters. The molecular formula is C21H17FN2O4S. The summed E-state index contributed by atoms with van der Waals surface area (Å²) in [5.74, 6) is -0.952. The monoisotopic (exact) mass is 412 g/mol. The van der Waals surface area contributed by atoms with Crippen molar-refractivity contribution in [3.05, 3.63) is 90.8 Å². The summed E-state index contributed by atoms with van der Waals surface area (Å²) < 4.78 is 25.7. The predicted molar refractivity (Wildman–Crippen MR) is 106 cm³/mol. The number of aromatic nitrogens is 1. The van der Waals surface area contributed by atoms with Crippen LogP contribution in [0.3, 0.4) is 0 Å². The molecule has 2 aromatic heterocycles. The number of carbonyl (C=O) groups excluding carboxylic acids is 1. The number of fused-ring (bicyclic) bond motifs is 1. The molecule has 0 aliphatic carbocycles. The van der Waals surface area contributed by atoms with E-state index in [2.05, 4.69) is 4.99 Å². The Hall–Kier alpha value is -3.26. The van der Waals surface area contributed by atoms with Gasteiger partial charge in [-0.25, -0.2) is 14.2 Å². The van der Waals surface area contributed by atoms with Crippen LogP contribution in [0.5, 0.6) is 0 Å². The Morgan fingerprint density at radius 1 is 1.34 bits per heavy atom. The number of thiazole rings is 1. The minimum atomic E-state index is -0.752. The van der Waals surface area contributed by atoms with Gasteiger partial charge in [0, 0.05) is 5.56 Å². The fraction of sp³-hybridized carbons (Fsp3) is 0.190. The molecule has 29 heavy (non-hydrogen) atoms. The normalized spacial score (nSPS) is 16.5. The van der Waals surface area contributed by atoms with Gasteiger partial charge in [-0.1, -0.05) is 23.5 Å². The number of hydrogen-bond acceptors (Lipinski definition) is 6. The van der Waals surface area contributed by atoms with Crippen molar-refractivity contribution in [3.8, 4) is 0 Å². The molecule has 1 aliphatic rings. The lowest BCUT2D eigenvalue weighted by molar-refractivity contribution is -0.139. The van der Waals surface area contributed by atoms with Gasteiger partial charge in [-0.3, -0.25) is 9.36 Å². The van der Waals surface area contributed by atoms with Gasteiger partial charge in [0.15, 0.2) is 4.80 Å². The molecular weight excluding hydrogens is 395 g/mol. The summed E-state index contributed by atoms with van der Waals surface area (Å²) >= 11 is 1.22. The lowest BCUT2D eigenvalue weighted by atomic mass is 9.96. The van der Waals surface area contributed by atoms with E-state index in [4.69, 9.17) is 9.15 Å². The fourth-order valence-corrected chi connectivity index (χ4v) is 4.31. The van der Waals surface area contributed by atoms with Gasteiger partial charge in [0.2, 0.25) is 0 Å². The molecule has 1 aromatic carbocycles. The zero-order valence-corrected chi connectivity index (χ0v) is 16.5. The average Bonchev–Trinajstić information content (AvgIpc) is 3.30. The van der Waals surface area contributed by atoms with Crippen molar-refractivity contribution in [3.63, 3.8) is 0 Å². The molecule has 0 radical (unpaired) electrons. The maximum atomic E-state index is 13.5. The SMILES string of the molecule is CCOC(=O)C1=C(C)N=c2sc(=Cc3ccoc3)c(=O)n2[C@@H]1c1ccc(F)cc1. The summed E-state index contributed by atoms with van der Waals surface area (Å²) in [4.78, 5) is 30.9. The molecule has 3 heterocycles. The molecule has 148 valence electrons. The first-order valence-corrected chi connectivity index (χ1v) is 9.78. The summed E-state index contributed by atoms with van der Waals surface area (Å²) in [6, 6.07) is 6.71. The maximum Gasteiger partial charge on any atom is 0.338 e. The first kappa shape index (κ1) is 19.1. The molecule has 1 aliphatic heterocycles. The second-order valence-electron chi connectivity index (χ2n) is 6.41. The van der Waals surface area contributed by atoms with Gasteiger partial charge in [0.25, 0.3) is 5.56 Å². The van der Waals surface area contributed by atoms with Crippen molar-refractivity contribution >= 4 is 23.4 Å². The van der Waals surface area contributed by atoms with Crippen LogP contribution in [0.2, 0.25) is 0 Å². The molecule has 0 saturated heterocycles. The number of ether oxygens (including phenoxy) is 1. The van der Waals surface area contributed by atoms with Crippen molar-refractivity contribution in [2.24, 2.45) is 4.99 Å². The van der Waals surface area contributed by atoms with Crippen LogP contribution in [0, 0.1) is 5.82 Å². The van der Waals surface area contributed by atoms with E-state index in [0.29, 0.717) is 20.6 Å². The van der Waals surface area contributed by atoms with Crippen LogP contribution in [0.1, 0.15) is 31.0 Å². The van der Waals surface area contributed by atoms with Gasteiger partial charge < -0.3 is 9.15 Å². The van der Waals surface area contributed by atoms with Gasteiger partial charge in [0.1, 0.15) is 5.82 Å². The summed E-state index contributed by atoms with van der Waals surface area (Å²) in [6.45, 7) is 3.60. The number of furan rings is 1. The number of allylic oxidation sites excluding steroid dienone is 1. The number of rotatable bonds is 4. The summed E-state index contributed by atoms with van der Waals surface area (Å²) in [5.41, 5.74) is 1.78. The lowest BCUT2D eigenvalue weighted by Gasteiger charge is -2.24. The van der Waals surface area contributed by atoms with Crippen LogP contribution in [-0.4, -0.2) is 17.1 Å². The first-order chi connectivity index (χ1) is 14.0. The number of esters is 1. The Morgan fingerprint density at radius 2 is 2.10 bits per heavy atom. The van der Waals surface area contributed by atoms with E-state index >= 15 is 0 Å². The molecule has 8 heteroatoms. The largest absolute Gasteiger partial charge is 0.472 e. The fourth-order valence-electron chi connectivity index (χ4n) is 3.26. The topological polar surface area (TPSA) is 73.8 Å². The minimum absolute atomic E-state index is 0.191. The van der Waals surface area contributed by atoms with Crippen LogP contribution < -0.4 is 14.9 Å². The molecule has 0 N–H and O–H groups in total. The Balaban J connectivity index is 1.97. The van der Waals surface area contributed by atoms with Crippen molar-refractivity contribution in [1.29, 1.82) is 0 Å². The van der Waals surface area contributed by atoms with E-state index in [1.165, 1.54) is 40.6 Å². The van der Waals surface area contributed by atoms with Crippen molar-refractivity contribution < 1.29 is 18.3 Å². The van der Waals surface area contributed by atoms with Crippen molar-refractivity contribution in [2.75, 3.05) is 6.61 Å². The molecule has 0 amide bonds. The molecule has 0 bridgehead atoms. The zero-order valence-electron chi connectivity index (χ0n) is 15.7. The highest BCUT2D eigenvalue weighted by Gasteiger charge is 2.33. The first-order valence-electron chi connectivity index (χ1n) is 8.97. The zero-order chi connectivity index (χ0) is 20.5. The van der Waals surface area contributed by atoms with Crippen LogP contribution in [0.25, 0.3) is 6.08 Å². The minimum Gasteiger partial charge on any atom is -0.472 e. The molecule has 0 saturated carbocycles. The molecule has 3 aromatic rings. The summed E-state index contributed by atoms with van der Waals surface area (Å²) in [5, 5.41) is 0. The summed E-state index contributed by atoms with van der Waals surface area (Å²) in [7, 11) is 0. The quantitative estimate of drug-likeness (QED) is 0.618. The number of hydrogen-bond donors (Lipinski definition) is 0. The number of nitrogens with zero attached hydrogens (tertiary/aromatic N) is 2. The maximum absolute atomic E-state index is 13.5. The average molecular weight is 412 g/mol. The molecule has 0 fully saturated rings. The van der Waals surface area contributed by atoms with E-state index < -0.39 is 17.8 Å². The van der Waals surface area contributed by atoms with E-state index in [1.807, 2.05) is 0 Å². The van der Waals surface area contributed by atoms with Gasteiger partial charge in [-0.15, -0.1) is 0 Å². The van der Waals surface area contributed by atoms with Gasteiger partial charge in [-0.2, -0.15) is 0 Å². The van der Waals surface area contributed by atoms with Gasteiger partial charge in [-0.05, 0) is 43.7 Å². The smallest absolute Gasteiger partial charge is 0.338 e. The Morgan fingerprint density at radius 3 is 2.76 bits per heavy atom. The van der Waals surface area contributed by atoms with E-state index in [0.717, 1.165) is 5.56 Å². The molecule has 0 unspecified atom stereocenters. The standard InChI is InChI=1S/C21H17FN2O4S/c1-3-28-20(26)17-12(2)23-21-24(18(17)14-4-6-15(22)7-5-14)19(25)16(29-21)10-13-8-9-27-11-13/h4-11,18H,3H2,1-2H3/t18-/m1/s1. The third-order valence-electron chi connectivity index (χ3n) is 4.54. The highest BCUT2D eigenvalue weighted by Crippen LogP contribution is 2.30. The van der Waals surface area contributed by atoms with E-state index in [-0.39, 0.29) is 17.7 Å². The van der Waals surface area contributed by atoms with Gasteiger partial charge >= 0.3 is 5.97 Å². The van der Waals surface area contributed by atoms with Crippen LogP contribution in [0.4, 0.5) is 4.39 Å². The van der Waals surface area contributed by atoms with Crippen LogP contribution in [0.15, 0.2) is 68.3 Å². The second-order valence-corrected chi connectivity index (χ2v) is 7.42. The van der Waals surface area contributed by atoms with E-state index in [9.17, 15) is 14.0 Å². The highest BCUT2D eigenvalue weighted by molar-refractivity contribution is 7.07. The Bertz CT molecular complexity index is 1270. The Labute approximate surface area is 168 Å². The van der Waals surface area contributed by atoms with Crippen molar-refractivity contribution in [1.82, 2.24) is 4.57 Å². The third kappa shape index (κ3) is 3.47.